The van der Waals surface area contributed by atoms with Gasteiger partial charge < -0.3 is 15.4 Å². The van der Waals surface area contributed by atoms with Gasteiger partial charge in [0.15, 0.2) is 6.61 Å². The van der Waals surface area contributed by atoms with Gasteiger partial charge >= 0.3 is 5.97 Å². The fourth-order valence-corrected chi connectivity index (χ4v) is 2.50. The third-order valence-electron chi connectivity index (χ3n) is 3.75. The molecule has 0 fully saturated rings. The Bertz CT molecular complexity index is 796. The van der Waals surface area contributed by atoms with Crippen molar-refractivity contribution >= 4 is 35.1 Å². The molecule has 0 aromatic heterocycles. The summed E-state index contributed by atoms with van der Waals surface area (Å²) in [5.74, 6) is -1.38. The molecule has 7 heteroatoms. The number of hydrogen-bond donors (Lipinski definition) is 2. The van der Waals surface area contributed by atoms with Crippen LogP contribution in [0.4, 0.5) is 5.69 Å². The number of benzene rings is 2. The first-order valence-electron chi connectivity index (χ1n) is 8.50. The SMILES string of the molecule is C[C@@H](NC(=O)COC(=O)CCC(=O)Nc1ccccc1Cl)c1ccccc1. The van der Waals surface area contributed by atoms with Crippen molar-refractivity contribution in [2.24, 2.45) is 0 Å². The monoisotopic (exact) mass is 388 g/mol. The maximum Gasteiger partial charge on any atom is 0.306 e. The van der Waals surface area contributed by atoms with Gasteiger partial charge in [0.25, 0.3) is 5.91 Å². The molecule has 2 aromatic rings. The summed E-state index contributed by atoms with van der Waals surface area (Å²) in [7, 11) is 0. The number of ether oxygens (including phenoxy) is 1. The van der Waals surface area contributed by atoms with Crippen LogP contribution in [0, 0.1) is 0 Å². The Hall–Kier alpha value is -2.86. The molecule has 0 aliphatic carbocycles. The van der Waals surface area contributed by atoms with E-state index in [4.69, 9.17) is 16.3 Å². The Labute approximate surface area is 162 Å². The summed E-state index contributed by atoms with van der Waals surface area (Å²) in [4.78, 5) is 35.4. The zero-order chi connectivity index (χ0) is 19.6. The fraction of sp³-hybridized carbons (Fsp3) is 0.250. The van der Waals surface area contributed by atoms with Gasteiger partial charge in [-0.05, 0) is 24.6 Å². The molecule has 1 atom stereocenters. The third kappa shape index (κ3) is 7.11. The molecule has 0 radical (unpaired) electrons. The lowest BCUT2D eigenvalue weighted by Crippen LogP contribution is -2.31. The number of para-hydroxylation sites is 1. The van der Waals surface area contributed by atoms with Crippen LogP contribution < -0.4 is 10.6 Å². The zero-order valence-electron chi connectivity index (χ0n) is 14.9. The third-order valence-corrected chi connectivity index (χ3v) is 4.08. The summed E-state index contributed by atoms with van der Waals surface area (Å²) in [6.07, 6.45) is -0.191. The lowest BCUT2D eigenvalue weighted by molar-refractivity contribution is -0.149. The first kappa shape index (κ1) is 20.5. The number of rotatable bonds is 8. The predicted molar refractivity (Wildman–Crippen MR) is 103 cm³/mol. The highest BCUT2D eigenvalue weighted by Crippen LogP contribution is 2.20. The number of amides is 2. The quantitative estimate of drug-likeness (QED) is 0.678. The zero-order valence-corrected chi connectivity index (χ0v) is 15.7. The molecule has 0 aliphatic rings. The summed E-state index contributed by atoms with van der Waals surface area (Å²) in [6.45, 7) is 1.45. The highest BCUT2D eigenvalue weighted by Gasteiger charge is 2.13. The van der Waals surface area contributed by atoms with E-state index < -0.39 is 11.9 Å². The van der Waals surface area contributed by atoms with Crippen LogP contribution in [0.15, 0.2) is 54.6 Å². The van der Waals surface area contributed by atoms with Crippen LogP contribution in [-0.2, 0) is 19.1 Å². The standard InChI is InChI=1S/C20H21ClN2O4/c1-14(15-7-3-2-4-8-15)22-19(25)13-27-20(26)12-11-18(24)23-17-10-6-5-9-16(17)21/h2-10,14H,11-13H2,1H3,(H,22,25)(H,23,24)/t14-/m1/s1. The fourth-order valence-electron chi connectivity index (χ4n) is 2.32. The molecular weight excluding hydrogens is 368 g/mol. The Morgan fingerprint density at radius 2 is 1.63 bits per heavy atom. The topological polar surface area (TPSA) is 84.5 Å². The number of nitrogens with one attached hydrogen (secondary N) is 2. The second kappa shape index (κ2) is 10.3. The van der Waals surface area contributed by atoms with Crippen molar-refractivity contribution in [1.82, 2.24) is 5.32 Å². The number of halogens is 1. The molecule has 27 heavy (non-hydrogen) atoms. The van der Waals surface area contributed by atoms with Gasteiger partial charge in [-0.2, -0.15) is 0 Å². The van der Waals surface area contributed by atoms with E-state index in [1.54, 1.807) is 24.3 Å². The highest BCUT2D eigenvalue weighted by atomic mass is 35.5. The number of esters is 1. The van der Waals surface area contributed by atoms with Gasteiger partial charge in [-0.25, -0.2) is 0 Å². The van der Waals surface area contributed by atoms with Crippen LogP contribution in [0.3, 0.4) is 0 Å². The Balaban J connectivity index is 1.67. The molecule has 6 nitrogen and oxygen atoms in total. The van der Waals surface area contributed by atoms with Gasteiger partial charge in [0.2, 0.25) is 5.91 Å². The maximum atomic E-state index is 11.9. The van der Waals surface area contributed by atoms with Gasteiger partial charge in [0, 0.05) is 6.42 Å². The molecule has 2 N–H and O–H groups in total. The van der Waals surface area contributed by atoms with E-state index in [-0.39, 0.29) is 31.4 Å². The van der Waals surface area contributed by atoms with Gasteiger partial charge in [-0.1, -0.05) is 54.1 Å². The van der Waals surface area contributed by atoms with Crippen molar-refractivity contribution in [3.63, 3.8) is 0 Å². The van der Waals surface area contributed by atoms with Crippen molar-refractivity contribution in [2.75, 3.05) is 11.9 Å². The van der Waals surface area contributed by atoms with Crippen molar-refractivity contribution in [1.29, 1.82) is 0 Å². The average Bonchev–Trinajstić information content (AvgIpc) is 2.67. The lowest BCUT2D eigenvalue weighted by Gasteiger charge is -2.14. The largest absolute Gasteiger partial charge is 0.456 e. The van der Waals surface area contributed by atoms with Gasteiger partial charge in [-0.15, -0.1) is 0 Å². The molecule has 2 amide bonds. The normalized spacial score (nSPS) is 11.3. The van der Waals surface area contributed by atoms with Crippen molar-refractivity contribution < 1.29 is 19.1 Å². The van der Waals surface area contributed by atoms with Crippen LogP contribution in [0.1, 0.15) is 31.4 Å². The van der Waals surface area contributed by atoms with Gasteiger partial charge in [-0.3, -0.25) is 14.4 Å². The molecule has 0 saturated heterocycles. The molecule has 2 rings (SSSR count). The van der Waals surface area contributed by atoms with Crippen molar-refractivity contribution in [2.45, 2.75) is 25.8 Å². The number of carbonyl (C=O) groups excluding carboxylic acids is 3. The average molecular weight is 389 g/mol. The number of hydrogen-bond acceptors (Lipinski definition) is 4. The van der Waals surface area contributed by atoms with E-state index in [0.29, 0.717) is 10.7 Å². The second-order valence-electron chi connectivity index (χ2n) is 5.89. The minimum absolute atomic E-state index is 0.0634. The molecule has 0 saturated carbocycles. The molecule has 142 valence electrons. The van der Waals surface area contributed by atoms with Crippen LogP contribution in [-0.4, -0.2) is 24.4 Å². The molecule has 0 spiro atoms. The second-order valence-corrected chi connectivity index (χ2v) is 6.30. The van der Waals surface area contributed by atoms with Crippen LogP contribution in [0.5, 0.6) is 0 Å². The first-order chi connectivity index (χ1) is 13.0. The molecule has 0 aliphatic heterocycles. The predicted octanol–water partition coefficient (Wildman–Crippen LogP) is 3.48. The minimum atomic E-state index is -0.619. The van der Waals surface area contributed by atoms with Crippen molar-refractivity contribution in [3.8, 4) is 0 Å². The van der Waals surface area contributed by atoms with Gasteiger partial charge in [0.05, 0.1) is 23.2 Å². The Morgan fingerprint density at radius 3 is 2.33 bits per heavy atom. The van der Waals surface area contributed by atoms with Crippen LogP contribution >= 0.6 is 11.6 Å². The van der Waals surface area contributed by atoms with Gasteiger partial charge in [0.1, 0.15) is 0 Å². The Kier molecular flexibility index (Phi) is 7.82. The molecule has 0 bridgehead atoms. The minimum Gasteiger partial charge on any atom is -0.456 e. The summed E-state index contributed by atoms with van der Waals surface area (Å²) in [5, 5.41) is 5.78. The van der Waals surface area contributed by atoms with Crippen LogP contribution in [0.2, 0.25) is 5.02 Å². The Morgan fingerprint density at radius 1 is 0.963 bits per heavy atom. The highest BCUT2D eigenvalue weighted by molar-refractivity contribution is 6.33. The summed E-state index contributed by atoms with van der Waals surface area (Å²) < 4.78 is 4.91. The van der Waals surface area contributed by atoms with E-state index in [2.05, 4.69) is 10.6 Å². The lowest BCUT2D eigenvalue weighted by atomic mass is 10.1. The van der Waals surface area contributed by atoms with E-state index in [1.165, 1.54) is 0 Å². The smallest absolute Gasteiger partial charge is 0.306 e. The first-order valence-corrected chi connectivity index (χ1v) is 8.88. The van der Waals surface area contributed by atoms with Crippen LogP contribution in [0.25, 0.3) is 0 Å². The summed E-state index contributed by atoms with van der Waals surface area (Å²) >= 11 is 5.95. The number of anilines is 1. The van der Waals surface area contributed by atoms with E-state index >= 15 is 0 Å². The van der Waals surface area contributed by atoms with Crippen molar-refractivity contribution in [3.05, 3.63) is 65.2 Å². The van der Waals surface area contributed by atoms with E-state index in [1.807, 2.05) is 37.3 Å². The molecule has 0 unspecified atom stereocenters. The molecule has 2 aromatic carbocycles. The number of carbonyl (C=O) groups is 3. The van der Waals surface area contributed by atoms with E-state index in [0.717, 1.165) is 5.56 Å². The molecule has 0 heterocycles. The summed E-state index contributed by atoms with van der Waals surface area (Å²) in [6, 6.07) is 16.1. The summed E-state index contributed by atoms with van der Waals surface area (Å²) in [5.41, 5.74) is 1.43. The maximum absolute atomic E-state index is 11.9. The molecular formula is C20H21ClN2O4. The van der Waals surface area contributed by atoms with E-state index in [9.17, 15) is 14.4 Å².